The molecule has 2 fully saturated rings. The highest BCUT2D eigenvalue weighted by Crippen LogP contribution is 2.39. The minimum Gasteiger partial charge on any atom is -0.349 e. The molecule has 1 amide bonds. The van der Waals surface area contributed by atoms with Gasteiger partial charge in [0.25, 0.3) is 5.91 Å². The van der Waals surface area contributed by atoms with Gasteiger partial charge in [-0.3, -0.25) is 14.7 Å². The monoisotopic (exact) mass is 469 g/mol. The lowest BCUT2D eigenvalue weighted by atomic mass is 10.0. The summed E-state index contributed by atoms with van der Waals surface area (Å²) in [5.41, 5.74) is 4.18. The van der Waals surface area contributed by atoms with Crippen LogP contribution >= 0.6 is 0 Å². The molecule has 7 heteroatoms. The van der Waals surface area contributed by atoms with Gasteiger partial charge in [-0.15, -0.1) is 0 Å². The van der Waals surface area contributed by atoms with Gasteiger partial charge in [0.15, 0.2) is 0 Å². The molecule has 1 N–H and O–H groups in total. The number of carbonyl (C=O) groups excluding carboxylic acids is 1. The Bertz CT molecular complexity index is 1350. The zero-order valence-corrected chi connectivity index (χ0v) is 19.5. The zero-order valence-electron chi connectivity index (χ0n) is 19.5. The maximum Gasteiger partial charge on any atom is 0.253 e. The van der Waals surface area contributed by atoms with E-state index in [4.69, 9.17) is 4.98 Å². The number of rotatable bonds is 6. The minimum atomic E-state index is -0.303. The number of pyridine rings is 1. The van der Waals surface area contributed by atoms with E-state index >= 15 is 0 Å². The fourth-order valence-electron chi connectivity index (χ4n) is 5.00. The quantitative estimate of drug-likeness (QED) is 0.433. The zero-order chi connectivity index (χ0) is 23.8. The Morgan fingerprint density at radius 3 is 2.57 bits per heavy atom. The molecule has 1 aliphatic carbocycles. The van der Waals surface area contributed by atoms with Crippen LogP contribution in [0, 0.1) is 5.82 Å². The molecule has 0 spiro atoms. The van der Waals surface area contributed by atoms with Gasteiger partial charge in [0.1, 0.15) is 11.6 Å². The lowest BCUT2D eigenvalue weighted by molar-refractivity contribution is 0.0907. The van der Waals surface area contributed by atoms with Crippen LogP contribution in [0.4, 0.5) is 4.39 Å². The number of nitrogens with one attached hydrogen (secondary N) is 1. The average Bonchev–Trinajstić information content (AvgIpc) is 3.65. The van der Waals surface area contributed by atoms with E-state index in [0.29, 0.717) is 22.9 Å². The SMILES string of the molecule is O=C(NC1CCN(Cc2nc3ccccc3n2C2CC2)CC1)c1ccc(-c2cccc(F)c2)nc1. The Labute approximate surface area is 203 Å². The van der Waals surface area contributed by atoms with E-state index in [1.165, 1.54) is 30.5 Å². The first kappa shape index (κ1) is 21.9. The molecule has 178 valence electrons. The van der Waals surface area contributed by atoms with Crippen LogP contribution in [-0.2, 0) is 6.54 Å². The topological polar surface area (TPSA) is 63.1 Å². The summed E-state index contributed by atoms with van der Waals surface area (Å²) in [5.74, 6) is 0.736. The Kier molecular flexibility index (Phi) is 5.78. The molecule has 0 radical (unpaired) electrons. The van der Waals surface area contributed by atoms with E-state index in [-0.39, 0.29) is 17.8 Å². The second-order valence-corrected chi connectivity index (χ2v) is 9.58. The summed E-state index contributed by atoms with van der Waals surface area (Å²) in [6, 6.07) is 19.0. The molecule has 2 aromatic heterocycles. The molecule has 0 atom stereocenters. The number of halogens is 1. The lowest BCUT2D eigenvalue weighted by Gasteiger charge is -2.32. The Morgan fingerprint density at radius 1 is 1.00 bits per heavy atom. The number of fused-ring (bicyclic) bond motifs is 1. The van der Waals surface area contributed by atoms with Crippen molar-refractivity contribution in [2.45, 2.75) is 44.3 Å². The molecule has 1 saturated heterocycles. The standard InChI is InChI=1S/C28H28FN5O/c29-21-5-3-4-19(16-21)24-11-8-20(17-30-24)28(35)31-22-12-14-33(15-13-22)18-27-32-25-6-1-2-7-26(25)34(27)23-9-10-23/h1-8,11,16-17,22-23H,9-10,12-15,18H2,(H,31,35). The maximum absolute atomic E-state index is 13.5. The number of carbonyl (C=O) groups is 1. The second-order valence-electron chi connectivity index (χ2n) is 9.58. The van der Waals surface area contributed by atoms with Crippen molar-refractivity contribution >= 4 is 16.9 Å². The summed E-state index contributed by atoms with van der Waals surface area (Å²) in [7, 11) is 0. The Morgan fingerprint density at radius 2 is 1.83 bits per heavy atom. The van der Waals surface area contributed by atoms with Crippen LogP contribution in [0.15, 0.2) is 66.9 Å². The number of aromatic nitrogens is 3. The number of likely N-dealkylation sites (tertiary alicyclic amines) is 1. The first-order valence-corrected chi connectivity index (χ1v) is 12.3. The summed E-state index contributed by atoms with van der Waals surface area (Å²) in [5, 5.41) is 3.16. The summed E-state index contributed by atoms with van der Waals surface area (Å²) >= 11 is 0. The van der Waals surface area contributed by atoms with Crippen LogP contribution in [0.25, 0.3) is 22.3 Å². The second kappa shape index (κ2) is 9.23. The molecular weight excluding hydrogens is 441 g/mol. The summed E-state index contributed by atoms with van der Waals surface area (Å²) in [4.78, 5) is 24.5. The molecule has 1 saturated carbocycles. The Balaban J connectivity index is 1.05. The molecule has 0 unspecified atom stereocenters. The third kappa shape index (κ3) is 4.68. The molecule has 3 heterocycles. The van der Waals surface area contributed by atoms with Gasteiger partial charge in [-0.05, 0) is 62.1 Å². The Hall–Kier alpha value is -3.58. The van der Waals surface area contributed by atoms with E-state index < -0.39 is 0 Å². The largest absolute Gasteiger partial charge is 0.349 e. The number of amides is 1. The average molecular weight is 470 g/mol. The molecule has 2 aliphatic rings. The van der Waals surface area contributed by atoms with Crippen LogP contribution in [0.3, 0.4) is 0 Å². The van der Waals surface area contributed by atoms with Crippen LogP contribution in [-0.4, -0.2) is 44.5 Å². The number of benzene rings is 2. The highest BCUT2D eigenvalue weighted by molar-refractivity contribution is 5.94. The van der Waals surface area contributed by atoms with Gasteiger partial charge < -0.3 is 9.88 Å². The van der Waals surface area contributed by atoms with Gasteiger partial charge in [-0.25, -0.2) is 9.37 Å². The van der Waals surface area contributed by atoms with E-state index in [2.05, 4.69) is 44.0 Å². The number of imidazole rings is 1. The summed E-state index contributed by atoms with van der Waals surface area (Å²) in [6.45, 7) is 2.70. The fourth-order valence-corrected chi connectivity index (χ4v) is 5.00. The summed E-state index contributed by atoms with van der Waals surface area (Å²) in [6.07, 6.45) is 5.85. The third-order valence-corrected chi connectivity index (χ3v) is 7.01. The molecular formula is C28H28FN5O. The van der Waals surface area contributed by atoms with Crippen molar-refractivity contribution in [3.8, 4) is 11.3 Å². The van der Waals surface area contributed by atoms with Gasteiger partial charge in [0.2, 0.25) is 0 Å². The van der Waals surface area contributed by atoms with E-state index in [9.17, 15) is 9.18 Å². The van der Waals surface area contributed by atoms with Gasteiger partial charge in [-0.2, -0.15) is 0 Å². The lowest BCUT2D eigenvalue weighted by Crippen LogP contribution is -2.44. The van der Waals surface area contributed by atoms with E-state index in [0.717, 1.165) is 43.8 Å². The van der Waals surface area contributed by atoms with Gasteiger partial charge >= 0.3 is 0 Å². The summed E-state index contributed by atoms with van der Waals surface area (Å²) < 4.78 is 15.9. The van der Waals surface area contributed by atoms with Crippen molar-refractivity contribution in [1.29, 1.82) is 0 Å². The number of nitrogens with zero attached hydrogens (tertiary/aromatic N) is 4. The molecule has 6 rings (SSSR count). The van der Waals surface area contributed by atoms with Crippen molar-refractivity contribution in [2.24, 2.45) is 0 Å². The van der Waals surface area contributed by atoms with Gasteiger partial charge in [-0.1, -0.05) is 24.3 Å². The molecule has 2 aromatic carbocycles. The highest BCUT2D eigenvalue weighted by Gasteiger charge is 2.29. The van der Waals surface area contributed by atoms with Crippen LogP contribution in [0.1, 0.15) is 47.9 Å². The van der Waals surface area contributed by atoms with Gasteiger partial charge in [0, 0.05) is 36.9 Å². The normalized spacial score (nSPS) is 17.1. The third-order valence-electron chi connectivity index (χ3n) is 7.01. The van der Waals surface area contributed by atoms with Crippen LogP contribution < -0.4 is 5.32 Å². The van der Waals surface area contributed by atoms with Crippen molar-refractivity contribution in [1.82, 2.24) is 24.8 Å². The predicted molar refractivity (Wildman–Crippen MR) is 133 cm³/mol. The fraction of sp³-hybridized carbons (Fsp3) is 0.321. The van der Waals surface area contributed by atoms with Crippen molar-refractivity contribution < 1.29 is 9.18 Å². The maximum atomic E-state index is 13.5. The minimum absolute atomic E-state index is 0.114. The number of para-hydroxylation sites is 2. The molecule has 1 aliphatic heterocycles. The molecule has 6 nitrogen and oxygen atoms in total. The molecule has 4 aromatic rings. The predicted octanol–water partition coefficient (Wildman–Crippen LogP) is 4.97. The number of piperidine rings is 1. The van der Waals surface area contributed by atoms with Gasteiger partial charge in [0.05, 0.1) is 28.8 Å². The highest BCUT2D eigenvalue weighted by atomic mass is 19.1. The van der Waals surface area contributed by atoms with Crippen LogP contribution in [0.2, 0.25) is 0 Å². The first-order valence-electron chi connectivity index (χ1n) is 12.3. The van der Waals surface area contributed by atoms with Crippen LogP contribution in [0.5, 0.6) is 0 Å². The van der Waals surface area contributed by atoms with E-state index in [1.54, 1.807) is 30.5 Å². The molecule has 35 heavy (non-hydrogen) atoms. The van der Waals surface area contributed by atoms with E-state index in [1.807, 2.05) is 0 Å². The molecule has 0 bridgehead atoms. The van der Waals surface area contributed by atoms with Crippen molar-refractivity contribution in [3.63, 3.8) is 0 Å². The van der Waals surface area contributed by atoms with Crippen molar-refractivity contribution in [3.05, 3.63) is 84.1 Å². The smallest absolute Gasteiger partial charge is 0.253 e. The van der Waals surface area contributed by atoms with Crippen molar-refractivity contribution in [2.75, 3.05) is 13.1 Å². The number of hydrogen-bond donors (Lipinski definition) is 1. The first-order chi connectivity index (χ1) is 17.1. The number of hydrogen-bond acceptors (Lipinski definition) is 4.